The van der Waals surface area contributed by atoms with Gasteiger partial charge in [0.25, 0.3) is 5.91 Å². The van der Waals surface area contributed by atoms with Crippen LogP contribution in [-0.2, 0) is 4.79 Å². The first kappa shape index (κ1) is 18.2. The number of rotatable bonds is 4. The summed E-state index contributed by atoms with van der Waals surface area (Å²) >= 11 is 11.3. The molecule has 0 aliphatic carbocycles. The van der Waals surface area contributed by atoms with Gasteiger partial charge in [-0.05, 0) is 55.0 Å². The van der Waals surface area contributed by atoms with Gasteiger partial charge < -0.3 is 20.7 Å². The SMILES string of the molecule is COc1ccc([C@H]2NC(=S)NC(C)=C2C(=O)Nc2cccc(Cl)c2)cc1. The van der Waals surface area contributed by atoms with Crippen molar-refractivity contribution in [2.24, 2.45) is 0 Å². The van der Waals surface area contributed by atoms with Crippen LogP contribution in [-0.4, -0.2) is 18.1 Å². The number of thiocarbonyl (C=S) groups is 1. The van der Waals surface area contributed by atoms with Crippen LogP contribution in [0, 0.1) is 0 Å². The van der Waals surface area contributed by atoms with E-state index in [0.717, 1.165) is 11.3 Å². The van der Waals surface area contributed by atoms with Gasteiger partial charge in [0.2, 0.25) is 0 Å². The van der Waals surface area contributed by atoms with Gasteiger partial charge in [0.05, 0.1) is 18.7 Å². The van der Waals surface area contributed by atoms with Crippen LogP contribution in [0.4, 0.5) is 5.69 Å². The molecule has 26 heavy (non-hydrogen) atoms. The molecule has 3 rings (SSSR count). The normalized spacial score (nSPS) is 16.6. The van der Waals surface area contributed by atoms with Crippen molar-refractivity contribution in [3.8, 4) is 5.75 Å². The average Bonchev–Trinajstić information content (AvgIpc) is 2.61. The second-order valence-electron chi connectivity index (χ2n) is 5.81. The lowest BCUT2D eigenvalue weighted by Gasteiger charge is -2.30. The molecule has 2 aromatic carbocycles. The number of hydrogen-bond donors (Lipinski definition) is 3. The number of anilines is 1. The van der Waals surface area contributed by atoms with E-state index in [-0.39, 0.29) is 11.9 Å². The van der Waals surface area contributed by atoms with Crippen LogP contribution in [0.2, 0.25) is 5.02 Å². The first-order valence-electron chi connectivity index (χ1n) is 7.97. The minimum absolute atomic E-state index is 0.229. The zero-order valence-corrected chi connectivity index (χ0v) is 15.9. The van der Waals surface area contributed by atoms with E-state index < -0.39 is 0 Å². The Balaban J connectivity index is 1.93. The maximum atomic E-state index is 12.9. The standard InChI is InChI=1S/C19H18ClN3O2S/c1-11-16(18(24)22-14-5-3-4-13(20)10-14)17(23-19(26)21-11)12-6-8-15(25-2)9-7-12/h3-10,17H,1-2H3,(H,22,24)(H2,21,23,26)/t17-/m1/s1. The molecule has 0 spiro atoms. The second-order valence-corrected chi connectivity index (χ2v) is 6.65. The molecule has 0 fully saturated rings. The summed E-state index contributed by atoms with van der Waals surface area (Å²) in [6, 6.07) is 14.2. The Kier molecular flexibility index (Phi) is 5.44. The van der Waals surface area contributed by atoms with Crippen molar-refractivity contribution >= 4 is 40.5 Å². The molecule has 0 saturated carbocycles. The molecule has 5 nitrogen and oxygen atoms in total. The van der Waals surface area contributed by atoms with Gasteiger partial charge in [-0.3, -0.25) is 4.79 Å². The number of ether oxygens (including phenoxy) is 1. The number of nitrogens with one attached hydrogen (secondary N) is 3. The zero-order valence-electron chi connectivity index (χ0n) is 14.3. The molecule has 0 aromatic heterocycles. The molecule has 0 saturated heterocycles. The largest absolute Gasteiger partial charge is 0.497 e. The minimum Gasteiger partial charge on any atom is -0.497 e. The summed E-state index contributed by atoms with van der Waals surface area (Å²) in [6.45, 7) is 1.83. The van der Waals surface area contributed by atoms with Crippen molar-refractivity contribution in [3.05, 3.63) is 70.4 Å². The third-order valence-corrected chi connectivity index (χ3v) is 4.50. The van der Waals surface area contributed by atoms with Gasteiger partial charge in [0, 0.05) is 16.4 Å². The molecular formula is C19H18ClN3O2S. The van der Waals surface area contributed by atoms with Crippen LogP contribution in [0.3, 0.4) is 0 Å². The number of halogens is 1. The highest BCUT2D eigenvalue weighted by Crippen LogP contribution is 2.29. The van der Waals surface area contributed by atoms with E-state index >= 15 is 0 Å². The molecule has 0 unspecified atom stereocenters. The summed E-state index contributed by atoms with van der Waals surface area (Å²) in [7, 11) is 1.61. The van der Waals surface area contributed by atoms with Gasteiger partial charge in [-0.2, -0.15) is 0 Å². The average molecular weight is 388 g/mol. The van der Waals surface area contributed by atoms with Crippen LogP contribution in [0.15, 0.2) is 59.8 Å². The molecule has 134 valence electrons. The van der Waals surface area contributed by atoms with E-state index in [1.807, 2.05) is 31.2 Å². The van der Waals surface area contributed by atoms with Crippen LogP contribution < -0.4 is 20.7 Å². The maximum absolute atomic E-state index is 12.9. The molecule has 1 amide bonds. The molecule has 3 N–H and O–H groups in total. The molecule has 0 radical (unpaired) electrons. The molecule has 0 bridgehead atoms. The van der Waals surface area contributed by atoms with Gasteiger partial charge in [-0.15, -0.1) is 0 Å². The van der Waals surface area contributed by atoms with E-state index in [1.54, 1.807) is 31.4 Å². The summed E-state index contributed by atoms with van der Waals surface area (Å²) < 4.78 is 5.20. The number of methoxy groups -OCH3 is 1. The summed E-state index contributed by atoms with van der Waals surface area (Å²) in [5, 5.41) is 10.1. The summed E-state index contributed by atoms with van der Waals surface area (Å²) in [5.74, 6) is 0.518. The predicted octanol–water partition coefficient (Wildman–Crippen LogP) is 3.78. The zero-order chi connectivity index (χ0) is 18.7. The highest BCUT2D eigenvalue weighted by molar-refractivity contribution is 7.80. The number of benzene rings is 2. The number of carbonyl (C=O) groups excluding carboxylic acids is 1. The van der Waals surface area contributed by atoms with Crippen LogP contribution in [0.1, 0.15) is 18.5 Å². The Morgan fingerprint density at radius 3 is 2.62 bits per heavy atom. The molecule has 1 atom stereocenters. The van der Waals surface area contributed by atoms with Crippen molar-refractivity contribution in [2.75, 3.05) is 12.4 Å². The number of amides is 1. The molecule has 1 aliphatic heterocycles. The Hall–Kier alpha value is -2.57. The Morgan fingerprint density at radius 1 is 1.23 bits per heavy atom. The quantitative estimate of drug-likeness (QED) is 0.697. The van der Waals surface area contributed by atoms with E-state index in [0.29, 0.717) is 27.1 Å². The number of hydrogen-bond acceptors (Lipinski definition) is 3. The van der Waals surface area contributed by atoms with Gasteiger partial charge >= 0.3 is 0 Å². The van der Waals surface area contributed by atoms with E-state index in [1.165, 1.54) is 0 Å². The van der Waals surface area contributed by atoms with Crippen LogP contribution in [0.25, 0.3) is 0 Å². The van der Waals surface area contributed by atoms with E-state index in [4.69, 9.17) is 28.6 Å². The lowest BCUT2D eigenvalue weighted by molar-refractivity contribution is -0.113. The second kappa shape index (κ2) is 7.76. The molecule has 2 aromatic rings. The third kappa shape index (κ3) is 3.98. The Bertz CT molecular complexity index is 881. The highest BCUT2D eigenvalue weighted by atomic mass is 35.5. The van der Waals surface area contributed by atoms with Crippen molar-refractivity contribution in [1.29, 1.82) is 0 Å². The van der Waals surface area contributed by atoms with Crippen molar-refractivity contribution in [1.82, 2.24) is 10.6 Å². The van der Waals surface area contributed by atoms with Crippen molar-refractivity contribution in [3.63, 3.8) is 0 Å². The monoisotopic (exact) mass is 387 g/mol. The van der Waals surface area contributed by atoms with Crippen LogP contribution in [0.5, 0.6) is 5.75 Å². The summed E-state index contributed by atoms with van der Waals surface area (Å²) in [5.41, 5.74) is 2.80. The first-order valence-corrected chi connectivity index (χ1v) is 8.75. The van der Waals surface area contributed by atoms with Gasteiger partial charge in [-0.25, -0.2) is 0 Å². The Labute approximate surface area is 162 Å². The van der Waals surface area contributed by atoms with Gasteiger partial charge in [0.15, 0.2) is 5.11 Å². The fraction of sp³-hybridized carbons (Fsp3) is 0.158. The predicted molar refractivity (Wildman–Crippen MR) is 107 cm³/mol. The molecular weight excluding hydrogens is 370 g/mol. The molecule has 7 heteroatoms. The van der Waals surface area contributed by atoms with Gasteiger partial charge in [0.1, 0.15) is 5.75 Å². The fourth-order valence-corrected chi connectivity index (χ4v) is 3.27. The fourth-order valence-electron chi connectivity index (χ4n) is 2.81. The lowest BCUT2D eigenvalue weighted by Crippen LogP contribution is -2.45. The molecule has 1 heterocycles. The topological polar surface area (TPSA) is 62.4 Å². The molecule has 1 aliphatic rings. The van der Waals surface area contributed by atoms with Crippen molar-refractivity contribution < 1.29 is 9.53 Å². The summed E-state index contributed by atoms with van der Waals surface area (Å²) in [4.78, 5) is 12.9. The van der Waals surface area contributed by atoms with Gasteiger partial charge in [-0.1, -0.05) is 29.8 Å². The smallest absolute Gasteiger partial charge is 0.255 e. The summed E-state index contributed by atoms with van der Waals surface area (Å²) in [6.07, 6.45) is 0. The maximum Gasteiger partial charge on any atom is 0.255 e. The van der Waals surface area contributed by atoms with Crippen molar-refractivity contribution in [2.45, 2.75) is 13.0 Å². The van der Waals surface area contributed by atoms with Crippen LogP contribution >= 0.6 is 23.8 Å². The highest BCUT2D eigenvalue weighted by Gasteiger charge is 2.29. The third-order valence-electron chi connectivity index (χ3n) is 4.05. The number of carbonyl (C=O) groups is 1. The Morgan fingerprint density at radius 2 is 1.96 bits per heavy atom. The number of allylic oxidation sites excluding steroid dienone is 1. The van der Waals surface area contributed by atoms with E-state index in [2.05, 4.69) is 16.0 Å². The first-order chi connectivity index (χ1) is 12.5. The minimum atomic E-state index is -0.367. The lowest BCUT2D eigenvalue weighted by atomic mass is 9.95. The van der Waals surface area contributed by atoms with E-state index in [9.17, 15) is 4.79 Å².